The molecule has 112 valence electrons. The van der Waals surface area contributed by atoms with Crippen molar-refractivity contribution >= 4 is 0 Å². The van der Waals surface area contributed by atoms with Crippen molar-refractivity contribution in [1.29, 1.82) is 0 Å². The minimum Gasteiger partial charge on any atom is -0.469 e. The van der Waals surface area contributed by atoms with Crippen LogP contribution in [-0.2, 0) is 6.54 Å². The van der Waals surface area contributed by atoms with Crippen LogP contribution >= 0.6 is 0 Å². The minimum absolute atomic E-state index is 0.336. The normalized spacial score (nSPS) is 12.2. The summed E-state index contributed by atoms with van der Waals surface area (Å²) in [7, 11) is 0. The Bertz CT molecular complexity index is 647. The Balaban J connectivity index is 1.59. The smallest absolute Gasteiger partial charge is 0.111 e. The SMILES string of the molecule is c1ccc(C[NH2+]CC[C@H](c2ccccc2)c2ccco2)cc1. The van der Waals surface area contributed by atoms with Gasteiger partial charge in [0.2, 0.25) is 0 Å². The zero-order valence-corrected chi connectivity index (χ0v) is 12.7. The summed E-state index contributed by atoms with van der Waals surface area (Å²) in [5.41, 5.74) is 2.70. The molecule has 0 aliphatic heterocycles. The largest absolute Gasteiger partial charge is 0.469 e. The van der Waals surface area contributed by atoms with Crippen LogP contribution in [-0.4, -0.2) is 6.54 Å². The summed E-state index contributed by atoms with van der Waals surface area (Å²) in [6, 6.07) is 25.3. The number of hydrogen-bond donors (Lipinski definition) is 1. The van der Waals surface area contributed by atoms with Gasteiger partial charge in [-0.15, -0.1) is 0 Å². The fraction of sp³-hybridized carbons (Fsp3) is 0.200. The summed E-state index contributed by atoms with van der Waals surface area (Å²) in [6.45, 7) is 2.11. The van der Waals surface area contributed by atoms with Gasteiger partial charge in [-0.3, -0.25) is 0 Å². The van der Waals surface area contributed by atoms with Crippen molar-refractivity contribution in [3.05, 3.63) is 95.9 Å². The Morgan fingerprint density at radius 1 is 0.818 bits per heavy atom. The summed E-state index contributed by atoms with van der Waals surface area (Å²) in [5, 5.41) is 2.37. The number of furan rings is 1. The van der Waals surface area contributed by atoms with Gasteiger partial charge in [0.25, 0.3) is 0 Å². The third kappa shape index (κ3) is 3.86. The van der Waals surface area contributed by atoms with Crippen LogP contribution in [0.4, 0.5) is 0 Å². The first-order valence-electron chi connectivity index (χ1n) is 7.87. The topological polar surface area (TPSA) is 29.8 Å². The van der Waals surface area contributed by atoms with E-state index in [4.69, 9.17) is 4.42 Å². The van der Waals surface area contributed by atoms with Crippen molar-refractivity contribution < 1.29 is 9.73 Å². The maximum absolute atomic E-state index is 5.65. The van der Waals surface area contributed by atoms with Crippen molar-refractivity contribution in [2.45, 2.75) is 18.9 Å². The van der Waals surface area contributed by atoms with E-state index in [1.807, 2.05) is 6.07 Å². The molecule has 2 aromatic carbocycles. The molecule has 0 aliphatic carbocycles. The molecule has 0 unspecified atom stereocenters. The van der Waals surface area contributed by atoms with E-state index in [2.05, 4.69) is 72.0 Å². The zero-order chi connectivity index (χ0) is 15.0. The van der Waals surface area contributed by atoms with Crippen molar-refractivity contribution in [3.63, 3.8) is 0 Å². The van der Waals surface area contributed by atoms with Crippen LogP contribution in [0.3, 0.4) is 0 Å². The monoisotopic (exact) mass is 292 g/mol. The molecule has 2 heteroatoms. The average Bonchev–Trinajstić information content (AvgIpc) is 3.11. The highest BCUT2D eigenvalue weighted by Gasteiger charge is 2.17. The highest BCUT2D eigenvalue weighted by molar-refractivity contribution is 5.27. The lowest BCUT2D eigenvalue weighted by atomic mass is 9.93. The number of nitrogens with two attached hydrogens (primary N) is 1. The van der Waals surface area contributed by atoms with Gasteiger partial charge >= 0.3 is 0 Å². The summed E-state index contributed by atoms with van der Waals surface area (Å²) in [4.78, 5) is 0. The second kappa shape index (κ2) is 7.62. The maximum Gasteiger partial charge on any atom is 0.111 e. The number of benzene rings is 2. The molecule has 1 atom stereocenters. The molecular weight excluding hydrogens is 270 g/mol. The third-order valence-electron chi connectivity index (χ3n) is 3.97. The van der Waals surface area contributed by atoms with E-state index in [9.17, 15) is 0 Å². The maximum atomic E-state index is 5.65. The second-order valence-electron chi connectivity index (χ2n) is 5.53. The molecule has 2 nitrogen and oxygen atoms in total. The van der Waals surface area contributed by atoms with Crippen LogP contribution in [0.2, 0.25) is 0 Å². The molecule has 0 fully saturated rings. The Morgan fingerprint density at radius 2 is 1.55 bits per heavy atom. The second-order valence-corrected chi connectivity index (χ2v) is 5.53. The fourth-order valence-electron chi connectivity index (χ4n) is 2.82. The average molecular weight is 292 g/mol. The van der Waals surface area contributed by atoms with Gasteiger partial charge in [0, 0.05) is 17.9 Å². The van der Waals surface area contributed by atoms with E-state index >= 15 is 0 Å². The van der Waals surface area contributed by atoms with Gasteiger partial charge in [0.1, 0.15) is 12.3 Å². The predicted octanol–water partition coefficient (Wildman–Crippen LogP) is 3.57. The van der Waals surface area contributed by atoms with Crippen LogP contribution in [0.25, 0.3) is 0 Å². The molecular formula is C20H22NO+. The molecule has 0 aliphatic rings. The van der Waals surface area contributed by atoms with Gasteiger partial charge in [-0.25, -0.2) is 0 Å². The fourth-order valence-corrected chi connectivity index (χ4v) is 2.82. The molecule has 1 heterocycles. The number of rotatable bonds is 7. The van der Waals surface area contributed by atoms with Crippen LogP contribution in [0, 0.1) is 0 Å². The van der Waals surface area contributed by atoms with E-state index in [1.54, 1.807) is 6.26 Å². The highest BCUT2D eigenvalue weighted by Crippen LogP contribution is 2.27. The predicted molar refractivity (Wildman–Crippen MR) is 88.5 cm³/mol. The first-order valence-corrected chi connectivity index (χ1v) is 7.87. The van der Waals surface area contributed by atoms with Gasteiger partial charge in [0.15, 0.2) is 0 Å². The van der Waals surface area contributed by atoms with Gasteiger partial charge in [-0.1, -0.05) is 60.7 Å². The van der Waals surface area contributed by atoms with E-state index in [-0.39, 0.29) is 0 Å². The Kier molecular flexibility index (Phi) is 5.06. The van der Waals surface area contributed by atoms with Gasteiger partial charge in [0.05, 0.1) is 12.8 Å². The van der Waals surface area contributed by atoms with Crippen LogP contribution < -0.4 is 5.32 Å². The zero-order valence-electron chi connectivity index (χ0n) is 12.7. The summed E-state index contributed by atoms with van der Waals surface area (Å²) in [6.07, 6.45) is 2.84. The molecule has 0 saturated heterocycles. The van der Waals surface area contributed by atoms with E-state index in [1.165, 1.54) is 11.1 Å². The van der Waals surface area contributed by atoms with Crippen LogP contribution in [0.5, 0.6) is 0 Å². The van der Waals surface area contributed by atoms with E-state index in [0.29, 0.717) is 5.92 Å². The molecule has 2 N–H and O–H groups in total. The van der Waals surface area contributed by atoms with Crippen molar-refractivity contribution in [2.24, 2.45) is 0 Å². The van der Waals surface area contributed by atoms with Gasteiger partial charge in [-0.05, 0) is 17.7 Å². The highest BCUT2D eigenvalue weighted by atomic mass is 16.3. The molecule has 22 heavy (non-hydrogen) atoms. The molecule has 0 amide bonds. The molecule has 0 radical (unpaired) electrons. The third-order valence-corrected chi connectivity index (χ3v) is 3.97. The number of quaternary nitrogens is 1. The van der Waals surface area contributed by atoms with Crippen molar-refractivity contribution in [3.8, 4) is 0 Å². The minimum atomic E-state index is 0.336. The Hall–Kier alpha value is -2.32. The molecule has 3 rings (SSSR count). The van der Waals surface area contributed by atoms with E-state index < -0.39 is 0 Å². The van der Waals surface area contributed by atoms with Crippen LogP contribution in [0.15, 0.2) is 83.5 Å². The van der Waals surface area contributed by atoms with Gasteiger partial charge in [-0.2, -0.15) is 0 Å². The molecule has 0 spiro atoms. The first-order chi connectivity index (χ1) is 10.9. The Labute approximate surface area is 131 Å². The van der Waals surface area contributed by atoms with Crippen molar-refractivity contribution in [1.82, 2.24) is 0 Å². The summed E-state index contributed by atoms with van der Waals surface area (Å²) >= 11 is 0. The molecule has 3 aromatic rings. The molecule has 1 aromatic heterocycles. The lowest BCUT2D eigenvalue weighted by Gasteiger charge is -2.14. The standard InChI is InChI=1S/C20H21NO/c1-3-8-17(9-4-1)16-21-14-13-19(20-12-7-15-22-20)18-10-5-2-6-11-18/h1-12,15,19,21H,13-14,16H2/p+1/t19-/m1/s1. The lowest BCUT2D eigenvalue weighted by Crippen LogP contribution is -2.82. The quantitative estimate of drug-likeness (QED) is 0.663. The van der Waals surface area contributed by atoms with Gasteiger partial charge < -0.3 is 9.73 Å². The van der Waals surface area contributed by atoms with Crippen molar-refractivity contribution in [2.75, 3.05) is 6.54 Å². The summed E-state index contributed by atoms with van der Waals surface area (Å²) < 4.78 is 5.65. The molecule has 0 bridgehead atoms. The summed E-state index contributed by atoms with van der Waals surface area (Å²) in [5.74, 6) is 1.39. The Morgan fingerprint density at radius 3 is 2.23 bits per heavy atom. The molecule has 0 saturated carbocycles. The first kappa shape index (κ1) is 14.6. The van der Waals surface area contributed by atoms with E-state index in [0.717, 1.165) is 25.3 Å². The van der Waals surface area contributed by atoms with Crippen LogP contribution in [0.1, 0.15) is 29.2 Å². The lowest BCUT2D eigenvalue weighted by molar-refractivity contribution is -0.671. The number of hydrogen-bond acceptors (Lipinski definition) is 1.